The number of carbonyl (C=O) groups is 1. The van der Waals surface area contributed by atoms with Gasteiger partial charge in [-0.05, 0) is 36.3 Å². The SMILES string of the molecule is CCCCSCCC(=O)Nc1ccn(CCc2ccncc2)n1. The second kappa shape index (κ2) is 10.0. The van der Waals surface area contributed by atoms with Gasteiger partial charge < -0.3 is 5.32 Å². The van der Waals surface area contributed by atoms with Gasteiger partial charge in [0.1, 0.15) is 0 Å². The highest BCUT2D eigenvalue weighted by Crippen LogP contribution is 2.09. The number of aryl methyl sites for hydroxylation is 2. The lowest BCUT2D eigenvalue weighted by Gasteiger charge is -2.03. The second-order valence-electron chi connectivity index (χ2n) is 5.33. The average Bonchev–Trinajstić information content (AvgIpc) is 3.01. The lowest BCUT2D eigenvalue weighted by Crippen LogP contribution is -2.13. The summed E-state index contributed by atoms with van der Waals surface area (Å²) in [5, 5.41) is 7.24. The van der Waals surface area contributed by atoms with E-state index < -0.39 is 0 Å². The molecule has 2 aromatic heterocycles. The van der Waals surface area contributed by atoms with Gasteiger partial charge in [-0.2, -0.15) is 16.9 Å². The number of nitrogens with zero attached hydrogens (tertiary/aromatic N) is 3. The van der Waals surface area contributed by atoms with E-state index in [4.69, 9.17) is 0 Å². The Morgan fingerprint density at radius 3 is 2.87 bits per heavy atom. The normalized spacial score (nSPS) is 10.7. The van der Waals surface area contributed by atoms with E-state index in [9.17, 15) is 4.79 Å². The van der Waals surface area contributed by atoms with Gasteiger partial charge in [0.15, 0.2) is 5.82 Å². The lowest BCUT2D eigenvalue weighted by molar-refractivity contribution is -0.115. The third-order valence-electron chi connectivity index (χ3n) is 3.40. The van der Waals surface area contributed by atoms with Crippen LogP contribution in [0.25, 0.3) is 0 Å². The molecule has 0 unspecified atom stereocenters. The number of hydrogen-bond donors (Lipinski definition) is 1. The van der Waals surface area contributed by atoms with Crippen molar-refractivity contribution in [1.29, 1.82) is 0 Å². The summed E-state index contributed by atoms with van der Waals surface area (Å²) in [7, 11) is 0. The van der Waals surface area contributed by atoms with Gasteiger partial charge in [0.25, 0.3) is 0 Å². The van der Waals surface area contributed by atoms with Gasteiger partial charge in [-0.3, -0.25) is 14.5 Å². The molecular weight excluding hydrogens is 308 g/mol. The van der Waals surface area contributed by atoms with Gasteiger partial charge in [0, 0.05) is 43.4 Å². The fraction of sp³-hybridized carbons (Fsp3) is 0.471. The predicted octanol–water partition coefficient (Wildman–Crippen LogP) is 3.38. The number of unbranched alkanes of at least 4 members (excludes halogenated alkanes) is 1. The molecule has 0 saturated heterocycles. The zero-order valence-corrected chi connectivity index (χ0v) is 14.4. The van der Waals surface area contributed by atoms with Crippen LogP contribution in [0.5, 0.6) is 0 Å². The molecule has 1 N–H and O–H groups in total. The van der Waals surface area contributed by atoms with Crippen molar-refractivity contribution in [2.45, 2.75) is 39.2 Å². The molecule has 1 amide bonds. The number of thioether (sulfide) groups is 1. The summed E-state index contributed by atoms with van der Waals surface area (Å²) < 4.78 is 1.85. The summed E-state index contributed by atoms with van der Waals surface area (Å²) in [6, 6.07) is 5.85. The Morgan fingerprint density at radius 2 is 2.09 bits per heavy atom. The first-order valence-corrected chi connectivity index (χ1v) is 9.23. The minimum Gasteiger partial charge on any atom is -0.309 e. The van der Waals surface area contributed by atoms with Crippen LogP contribution in [0, 0.1) is 0 Å². The van der Waals surface area contributed by atoms with Crippen LogP contribution in [0.4, 0.5) is 5.82 Å². The molecule has 2 heterocycles. The van der Waals surface area contributed by atoms with E-state index in [1.165, 1.54) is 18.4 Å². The van der Waals surface area contributed by atoms with Crippen LogP contribution in [0.3, 0.4) is 0 Å². The molecular formula is C17H24N4OS. The number of aromatic nitrogens is 3. The molecule has 124 valence electrons. The Bertz CT molecular complexity index is 585. The molecule has 0 fully saturated rings. The van der Waals surface area contributed by atoms with Crippen LogP contribution in [-0.4, -0.2) is 32.2 Å². The number of pyridine rings is 1. The summed E-state index contributed by atoms with van der Waals surface area (Å²) in [5.74, 6) is 2.67. The molecule has 6 heteroatoms. The maximum atomic E-state index is 11.9. The molecule has 0 aliphatic carbocycles. The van der Waals surface area contributed by atoms with Crippen molar-refractivity contribution in [2.24, 2.45) is 0 Å². The van der Waals surface area contributed by atoms with E-state index in [1.807, 2.05) is 40.8 Å². The largest absolute Gasteiger partial charge is 0.309 e. The van der Waals surface area contributed by atoms with E-state index in [0.29, 0.717) is 12.2 Å². The van der Waals surface area contributed by atoms with Crippen LogP contribution in [0.1, 0.15) is 31.7 Å². The Balaban J connectivity index is 1.68. The topological polar surface area (TPSA) is 59.8 Å². The van der Waals surface area contributed by atoms with Gasteiger partial charge in [-0.25, -0.2) is 0 Å². The summed E-state index contributed by atoms with van der Waals surface area (Å²) in [6.07, 6.45) is 9.34. The first kappa shape index (κ1) is 17.5. The van der Waals surface area contributed by atoms with Crippen LogP contribution in [-0.2, 0) is 17.8 Å². The van der Waals surface area contributed by atoms with Crippen LogP contribution >= 0.6 is 11.8 Å². The molecule has 0 spiro atoms. The average molecular weight is 332 g/mol. The Morgan fingerprint density at radius 1 is 1.26 bits per heavy atom. The molecule has 0 bridgehead atoms. The molecule has 5 nitrogen and oxygen atoms in total. The third kappa shape index (κ3) is 6.86. The van der Waals surface area contributed by atoms with Crippen molar-refractivity contribution in [3.63, 3.8) is 0 Å². The van der Waals surface area contributed by atoms with Crippen LogP contribution in [0.2, 0.25) is 0 Å². The number of carbonyl (C=O) groups excluding carboxylic acids is 1. The molecule has 0 aromatic carbocycles. The Kier molecular flexibility index (Phi) is 7.66. The van der Waals surface area contributed by atoms with E-state index in [2.05, 4.69) is 22.3 Å². The number of nitrogens with one attached hydrogen (secondary N) is 1. The zero-order valence-electron chi connectivity index (χ0n) is 13.6. The summed E-state index contributed by atoms with van der Waals surface area (Å²) in [5.41, 5.74) is 1.23. The maximum absolute atomic E-state index is 11.9. The van der Waals surface area contributed by atoms with Crippen molar-refractivity contribution in [3.8, 4) is 0 Å². The molecule has 0 saturated carbocycles. The standard InChI is InChI=1S/C17H24N4OS/c1-2-3-13-23-14-8-17(22)19-16-7-12-21(20-16)11-6-15-4-9-18-10-5-15/h4-5,7,9-10,12H,2-3,6,8,11,13-14H2,1H3,(H,19,20,22). The van der Waals surface area contributed by atoms with E-state index in [-0.39, 0.29) is 5.91 Å². The zero-order chi connectivity index (χ0) is 16.3. The molecule has 2 rings (SSSR count). The van der Waals surface area contributed by atoms with Crippen molar-refractivity contribution in [3.05, 3.63) is 42.4 Å². The number of rotatable bonds is 10. The fourth-order valence-electron chi connectivity index (χ4n) is 2.06. The van der Waals surface area contributed by atoms with Gasteiger partial charge in [-0.1, -0.05) is 13.3 Å². The fourth-order valence-corrected chi connectivity index (χ4v) is 3.09. The molecule has 2 aromatic rings. The van der Waals surface area contributed by atoms with Crippen molar-refractivity contribution in [2.75, 3.05) is 16.8 Å². The monoisotopic (exact) mass is 332 g/mol. The number of hydrogen-bond acceptors (Lipinski definition) is 4. The summed E-state index contributed by atoms with van der Waals surface area (Å²) >= 11 is 1.84. The maximum Gasteiger partial charge on any atom is 0.226 e. The second-order valence-corrected chi connectivity index (χ2v) is 6.56. The predicted molar refractivity (Wildman–Crippen MR) is 95.6 cm³/mol. The van der Waals surface area contributed by atoms with Gasteiger partial charge in [0.2, 0.25) is 5.91 Å². The van der Waals surface area contributed by atoms with Crippen molar-refractivity contribution in [1.82, 2.24) is 14.8 Å². The van der Waals surface area contributed by atoms with E-state index in [0.717, 1.165) is 24.5 Å². The lowest BCUT2D eigenvalue weighted by atomic mass is 10.2. The minimum absolute atomic E-state index is 0.0355. The molecule has 0 aliphatic rings. The number of amides is 1. The summed E-state index contributed by atoms with van der Waals surface area (Å²) in [4.78, 5) is 15.9. The van der Waals surface area contributed by atoms with Gasteiger partial charge >= 0.3 is 0 Å². The van der Waals surface area contributed by atoms with E-state index in [1.54, 1.807) is 12.4 Å². The highest BCUT2D eigenvalue weighted by atomic mass is 32.2. The minimum atomic E-state index is 0.0355. The molecule has 23 heavy (non-hydrogen) atoms. The van der Waals surface area contributed by atoms with Gasteiger partial charge in [0.05, 0.1) is 0 Å². The number of anilines is 1. The van der Waals surface area contributed by atoms with Crippen molar-refractivity contribution < 1.29 is 4.79 Å². The molecule has 0 atom stereocenters. The third-order valence-corrected chi connectivity index (χ3v) is 4.47. The molecule has 0 aliphatic heterocycles. The Hall–Kier alpha value is -1.82. The van der Waals surface area contributed by atoms with Gasteiger partial charge in [-0.15, -0.1) is 0 Å². The quantitative estimate of drug-likeness (QED) is 0.678. The Labute approximate surface area is 141 Å². The molecule has 0 radical (unpaired) electrons. The first-order valence-electron chi connectivity index (χ1n) is 8.08. The van der Waals surface area contributed by atoms with Crippen LogP contribution < -0.4 is 5.32 Å². The summed E-state index contributed by atoms with van der Waals surface area (Å²) in [6.45, 7) is 2.96. The first-order chi connectivity index (χ1) is 11.3. The van der Waals surface area contributed by atoms with Crippen molar-refractivity contribution >= 4 is 23.5 Å². The van der Waals surface area contributed by atoms with Crippen LogP contribution in [0.15, 0.2) is 36.8 Å². The highest BCUT2D eigenvalue weighted by Gasteiger charge is 2.05. The highest BCUT2D eigenvalue weighted by molar-refractivity contribution is 7.99. The smallest absolute Gasteiger partial charge is 0.226 e. The van der Waals surface area contributed by atoms with E-state index >= 15 is 0 Å².